The molecule has 0 aliphatic rings. The van der Waals surface area contributed by atoms with Gasteiger partial charge in [0.05, 0.1) is 11.2 Å². The second kappa shape index (κ2) is 7.71. The second-order valence-corrected chi connectivity index (χ2v) is 7.30. The van der Waals surface area contributed by atoms with Crippen LogP contribution in [0.25, 0.3) is 33.3 Å². The van der Waals surface area contributed by atoms with E-state index in [0.717, 1.165) is 46.3 Å². The maximum absolute atomic E-state index is 5.06. The average molecular weight is 351 g/mol. The highest BCUT2D eigenvalue weighted by Crippen LogP contribution is 2.34. The van der Waals surface area contributed by atoms with Gasteiger partial charge in [0.15, 0.2) is 0 Å². The fourth-order valence-corrected chi connectivity index (χ4v) is 3.38. The fourth-order valence-electron chi connectivity index (χ4n) is 3.38. The van der Waals surface area contributed by atoms with Gasteiger partial charge in [-0.2, -0.15) is 0 Å². The topological polar surface area (TPSA) is 25.8 Å². The molecule has 0 aliphatic heterocycles. The van der Waals surface area contributed by atoms with Gasteiger partial charge in [-0.25, -0.2) is 4.98 Å². The van der Waals surface area contributed by atoms with Gasteiger partial charge in [0.2, 0.25) is 0 Å². The third kappa shape index (κ3) is 3.75. The molecular weight excluding hydrogens is 328 g/mol. The van der Waals surface area contributed by atoms with E-state index in [2.05, 4.69) is 67.4 Å². The van der Waals surface area contributed by atoms with Crippen LogP contribution in [0.4, 0.5) is 0 Å². The van der Waals surface area contributed by atoms with Crippen LogP contribution >= 0.6 is 0 Å². The summed E-state index contributed by atoms with van der Waals surface area (Å²) in [4.78, 5) is 9.73. The van der Waals surface area contributed by atoms with Crippen molar-refractivity contribution < 1.29 is 0 Å². The van der Waals surface area contributed by atoms with Crippen LogP contribution in [0.5, 0.6) is 0 Å². The SMILES string of the molecule is CC(C)CCc1nccc2nc(-c3cc[c]cc3)c(-c3ccccc3)cc12. The summed E-state index contributed by atoms with van der Waals surface area (Å²) in [6.45, 7) is 4.51. The minimum absolute atomic E-state index is 0.656. The Balaban J connectivity index is 1.94. The minimum atomic E-state index is 0.656. The van der Waals surface area contributed by atoms with E-state index in [0.29, 0.717) is 5.92 Å². The molecule has 2 aromatic heterocycles. The standard InChI is InChI=1S/C25H23N2/c1-18(2)13-14-23-22-17-21(19-9-5-3-6-10-19)25(20-11-7-4-8-12-20)27-24(22)15-16-26-23/h3,5-12,15-18H,13-14H2,1-2H3. The van der Waals surface area contributed by atoms with Gasteiger partial charge in [-0.05, 0) is 42.5 Å². The van der Waals surface area contributed by atoms with E-state index in [1.807, 2.05) is 30.5 Å². The van der Waals surface area contributed by atoms with Crippen LogP contribution in [0.15, 0.2) is 72.9 Å². The first-order chi connectivity index (χ1) is 13.2. The lowest BCUT2D eigenvalue weighted by molar-refractivity contribution is 0.583. The van der Waals surface area contributed by atoms with Gasteiger partial charge in [-0.15, -0.1) is 0 Å². The highest BCUT2D eigenvalue weighted by Gasteiger charge is 2.13. The van der Waals surface area contributed by atoms with Gasteiger partial charge >= 0.3 is 0 Å². The predicted molar refractivity (Wildman–Crippen MR) is 112 cm³/mol. The van der Waals surface area contributed by atoms with Crippen molar-refractivity contribution in [3.8, 4) is 22.4 Å². The van der Waals surface area contributed by atoms with Crippen molar-refractivity contribution in [3.05, 3.63) is 84.7 Å². The van der Waals surface area contributed by atoms with Gasteiger partial charge in [0.25, 0.3) is 0 Å². The summed E-state index contributed by atoms with van der Waals surface area (Å²) in [6.07, 6.45) is 3.99. The van der Waals surface area contributed by atoms with Gasteiger partial charge in [0.1, 0.15) is 0 Å². The molecule has 1 radical (unpaired) electrons. The van der Waals surface area contributed by atoms with Crippen molar-refractivity contribution in [2.45, 2.75) is 26.7 Å². The Bertz CT molecular complexity index is 1040. The lowest BCUT2D eigenvalue weighted by atomic mass is 9.96. The maximum Gasteiger partial charge on any atom is 0.0788 e. The van der Waals surface area contributed by atoms with Crippen molar-refractivity contribution in [2.75, 3.05) is 0 Å². The zero-order valence-electron chi connectivity index (χ0n) is 15.8. The molecule has 27 heavy (non-hydrogen) atoms. The Hall–Kier alpha value is -3.00. The molecule has 0 amide bonds. The van der Waals surface area contributed by atoms with E-state index in [9.17, 15) is 0 Å². The molecule has 0 N–H and O–H groups in total. The zero-order chi connectivity index (χ0) is 18.6. The van der Waals surface area contributed by atoms with Crippen LogP contribution in [0.1, 0.15) is 26.0 Å². The minimum Gasteiger partial charge on any atom is -0.261 e. The summed E-state index contributed by atoms with van der Waals surface area (Å²) >= 11 is 0. The molecule has 0 saturated heterocycles. The van der Waals surface area contributed by atoms with Gasteiger partial charge in [-0.3, -0.25) is 4.98 Å². The molecular formula is C25H23N2. The number of rotatable bonds is 5. The molecule has 0 bridgehead atoms. The quantitative estimate of drug-likeness (QED) is 0.418. The number of fused-ring (bicyclic) bond motifs is 1. The van der Waals surface area contributed by atoms with Crippen LogP contribution < -0.4 is 0 Å². The molecule has 0 fully saturated rings. The molecule has 0 aliphatic carbocycles. The Kier molecular flexibility index (Phi) is 4.97. The van der Waals surface area contributed by atoms with E-state index in [-0.39, 0.29) is 0 Å². The molecule has 133 valence electrons. The second-order valence-electron chi connectivity index (χ2n) is 7.30. The predicted octanol–water partition coefficient (Wildman–Crippen LogP) is 6.35. The zero-order valence-corrected chi connectivity index (χ0v) is 15.8. The number of hydrogen-bond acceptors (Lipinski definition) is 2. The van der Waals surface area contributed by atoms with Gasteiger partial charge in [-0.1, -0.05) is 68.4 Å². The Morgan fingerprint density at radius 2 is 1.70 bits per heavy atom. The normalized spacial score (nSPS) is 11.2. The summed E-state index contributed by atoms with van der Waals surface area (Å²) in [5, 5.41) is 1.16. The molecule has 0 atom stereocenters. The van der Waals surface area contributed by atoms with Crippen LogP contribution in [-0.4, -0.2) is 9.97 Å². The van der Waals surface area contributed by atoms with E-state index in [1.165, 1.54) is 5.56 Å². The third-order valence-electron chi connectivity index (χ3n) is 4.86. The molecule has 4 rings (SSSR count). The van der Waals surface area contributed by atoms with Crippen LogP contribution in [-0.2, 0) is 6.42 Å². The smallest absolute Gasteiger partial charge is 0.0788 e. The Morgan fingerprint density at radius 1 is 0.926 bits per heavy atom. The highest BCUT2D eigenvalue weighted by atomic mass is 14.7. The van der Waals surface area contributed by atoms with Crippen LogP contribution in [0.3, 0.4) is 0 Å². The molecule has 2 heteroatoms. The monoisotopic (exact) mass is 351 g/mol. The van der Waals surface area contributed by atoms with Crippen LogP contribution in [0, 0.1) is 12.0 Å². The van der Waals surface area contributed by atoms with Crippen molar-refractivity contribution in [2.24, 2.45) is 5.92 Å². The molecule has 0 unspecified atom stereocenters. The lowest BCUT2D eigenvalue weighted by Crippen LogP contribution is -1.99. The number of aromatic nitrogens is 2. The largest absolute Gasteiger partial charge is 0.261 e. The van der Waals surface area contributed by atoms with Gasteiger partial charge in [0, 0.05) is 28.4 Å². The number of benzene rings is 2. The summed E-state index contributed by atoms with van der Waals surface area (Å²) in [6, 6.07) is 25.9. The first-order valence-electron chi connectivity index (χ1n) is 9.53. The number of nitrogens with zero attached hydrogens (tertiary/aromatic N) is 2. The van der Waals surface area contributed by atoms with E-state index in [1.54, 1.807) is 0 Å². The number of pyridine rings is 2. The first kappa shape index (κ1) is 17.4. The Morgan fingerprint density at radius 3 is 2.44 bits per heavy atom. The van der Waals surface area contributed by atoms with Crippen molar-refractivity contribution in [1.29, 1.82) is 0 Å². The molecule has 4 aromatic rings. The van der Waals surface area contributed by atoms with Crippen molar-refractivity contribution >= 4 is 10.9 Å². The molecule has 2 aromatic carbocycles. The van der Waals surface area contributed by atoms with E-state index < -0.39 is 0 Å². The van der Waals surface area contributed by atoms with E-state index in [4.69, 9.17) is 4.98 Å². The molecule has 0 spiro atoms. The highest BCUT2D eigenvalue weighted by molar-refractivity contribution is 5.92. The van der Waals surface area contributed by atoms with Crippen molar-refractivity contribution in [3.63, 3.8) is 0 Å². The van der Waals surface area contributed by atoms with Crippen LogP contribution in [0.2, 0.25) is 0 Å². The Labute approximate surface area is 160 Å². The molecule has 2 nitrogen and oxygen atoms in total. The van der Waals surface area contributed by atoms with Gasteiger partial charge < -0.3 is 0 Å². The van der Waals surface area contributed by atoms with Crippen molar-refractivity contribution in [1.82, 2.24) is 9.97 Å². The fraction of sp³-hybridized carbons (Fsp3) is 0.200. The summed E-state index contributed by atoms with van der Waals surface area (Å²) in [7, 11) is 0. The molecule has 2 heterocycles. The average Bonchev–Trinajstić information content (AvgIpc) is 2.72. The summed E-state index contributed by atoms with van der Waals surface area (Å²) in [5.74, 6) is 0.656. The number of hydrogen-bond donors (Lipinski definition) is 0. The first-order valence-corrected chi connectivity index (χ1v) is 9.53. The van der Waals surface area contributed by atoms with E-state index >= 15 is 0 Å². The summed E-state index contributed by atoms with van der Waals surface area (Å²) in [5.41, 5.74) is 6.57. The maximum atomic E-state index is 5.06. The summed E-state index contributed by atoms with van der Waals surface area (Å²) < 4.78 is 0. The molecule has 0 saturated carbocycles. The lowest BCUT2D eigenvalue weighted by Gasteiger charge is -2.14. The third-order valence-corrected chi connectivity index (χ3v) is 4.86. The number of aryl methyl sites for hydroxylation is 1.